The van der Waals surface area contributed by atoms with Crippen LogP contribution in [0.5, 0.6) is 0 Å². The predicted molar refractivity (Wildman–Crippen MR) is 72.3 cm³/mol. The molecule has 1 unspecified atom stereocenters. The van der Waals surface area contributed by atoms with Gasteiger partial charge in [0.15, 0.2) is 0 Å². The van der Waals surface area contributed by atoms with Crippen molar-refractivity contribution < 1.29 is 8.42 Å². The van der Waals surface area contributed by atoms with E-state index in [2.05, 4.69) is 15.3 Å². The van der Waals surface area contributed by atoms with Crippen molar-refractivity contribution >= 4 is 21.1 Å². The molecule has 1 aliphatic heterocycles. The number of piperazine rings is 1. The van der Waals surface area contributed by atoms with Crippen LogP contribution in [0.4, 0.5) is 0 Å². The van der Waals surface area contributed by atoms with Crippen molar-refractivity contribution in [2.75, 3.05) is 19.6 Å². The first kappa shape index (κ1) is 12.6. The summed E-state index contributed by atoms with van der Waals surface area (Å²) in [5.74, 6) is 0. The zero-order valence-electron chi connectivity index (χ0n) is 10.6. The van der Waals surface area contributed by atoms with Gasteiger partial charge in [-0.3, -0.25) is 0 Å². The van der Waals surface area contributed by atoms with Crippen molar-refractivity contribution in [2.24, 2.45) is 0 Å². The second-order valence-corrected chi connectivity index (χ2v) is 6.58. The van der Waals surface area contributed by atoms with Crippen LogP contribution in [0.25, 0.3) is 11.0 Å². The van der Waals surface area contributed by atoms with Crippen molar-refractivity contribution in [3.8, 4) is 0 Å². The van der Waals surface area contributed by atoms with Crippen molar-refractivity contribution in [1.82, 2.24) is 19.6 Å². The Morgan fingerprint density at radius 3 is 3.11 bits per heavy atom. The van der Waals surface area contributed by atoms with E-state index in [0.717, 1.165) is 0 Å². The summed E-state index contributed by atoms with van der Waals surface area (Å²) in [5, 5.41) is 3.84. The molecule has 19 heavy (non-hydrogen) atoms. The van der Waals surface area contributed by atoms with Gasteiger partial charge in [0, 0.05) is 43.5 Å². The maximum atomic E-state index is 12.7. The Hall–Kier alpha value is -1.44. The number of hydrogen-bond donors (Lipinski definition) is 2. The van der Waals surface area contributed by atoms with Crippen molar-refractivity contribution in [1.29, 1.82) is 0 Å². The van der Waals surface area contributed by atoms with E-state index >= 15 is 0 Å². The summed E-state index contributed by atoms with van der Waals surface area (Å²) in [6.07, 6.45) is 3.17. The Morgan fingerprint density at radius 1 is 1.47 bits per heavy atom. The number of hydrogen-bond acceptors (Lipinski definition) is 4. The van der Waals surface area contributed by atoms with Crippen molar-refractivity contribution in [3.63, 3.8) is 0 Å². The first-order chi connectivity index (χ1) is 9.10. The van der Waals surface area contributed by atoms with Crippen LogP contribution in [0, 0.1) is 0 Å². The van der Waals surface area contributed by atoms with Gasteiger partial charge in [-0.15, -0.1) is 0 Å². The Bertz CT molecular complexity index is 695. The second-order valence-electron chi connectivity index (χ2n) is 4.72. The molecule has 1 saturated heterocycles. The monoisotopic (exact) mass is 280 g/mol. The zero-order valence-corrected chi connectivity index (χ0v) is 11.4. The van der Waals surface area contributed by atoms with Gasteiger partial charge < -0.3 is 10.3 Å². The summed E-state index contributed by atoms with van der Waals surface area (Å²) in [6.45, 7) is 3.78. The molecule has 1 atom stereocenters. The number of aromatic nitrogens is 2. The average Bonchev–Trinajstić information content (AvgIpc) is 2.83. The van der Waals surface area contributed by atoms with Crippen LogP contribution in [0.2, 0.25) is 0 Å². The molecule has 0 saturated carbocycles. The minimum atomic E-state index is -3.47. The first-order valence-corrected chi connectivity index (χ1v) is 7.69. The molecule has 0 aliphatic carbocycles. The minimum Gasteiger partial charge on any atom is -0.345 e. The number of nitrogens with one attached hydrogen (secondary N) is 2. The van der Waals surface area contributed by atoms with E-state index in [4.69, 9.17) is 0 Å². The van der Waals surface area contributed by atoms with Crippen LogP contribution < -0.4 is 5.32 Å². The molecule has 102 valence electrons. The van der Waals surface area contributed by atoms with Crippen molar-refractivity contribution in [3.05, 3.63) is 24.5 Å². The van der Waals surface area contributed by atoms with Gasteiger partial charge in [0.05, 0.1) is 0 Å². The summed E-state index contributed by atoms with van der Waals surface area (Å²) in [5.41, 5.74) is 0.601. The highest BCUT2D eigenvalue weighted by Gasteiger charge is 2.32. The molecule has 3 rings (SSSR count). The number of aromatic amines is 1. The highest BCUT2D eigenvalue weighted by Crippen LogP contribution is 2.25. The second kappa shape index (κ2) is 4.59. The topological polar surface area (TPSA) is 78.1 Å². The number of rotatable bonds is 2. The first-order valence-electron chi connectivity index (χ1n) is 6.25. The fourth-order valence-corrected chi connectivity index (χ4v) is 4.23. The van der Waals surface area contributed by atoms with E-state index in [9.17, 15) is 8.42 Å². The third-order valence-electron chi connectivity index (χ3n) is 3.44. The molecule has 2 aromatic heterocycles. The standard InChI is InChI=1S/C12H16N4O2S/c1-9-7-13-5-6-16(9)19(17,18)11-8-15-12-10(11)3-2-4-14-12/h2-4,8-9,13H,5-7H2,1H3,(H,14,15). The lowest BCUT2D eigenvalue weighted by Gasteiger charge is -2.32. The van der Waals surface area contributed by atoms with E-state index in [1.807, 2.05) is 6.92 Å². The largest absolute Gasteiger partial charge is 0.345 e. The quantitative estimate of drug-likeness (QED) is 0.842. The third kappa shape index (κ3) is 2.03. The molecule has 1 fully saturated rings. The minimum absolute atomic E-state index is 0.0413. The molecule has 0 bridgehead atoms. The number of sulfonamides is 1. The van der Waals surface area contributed by atoms with Gasteiger partial charge in [0.1, 0.15) is 10.5 Å². The van der Waals surface area contributed by atoms with E-state index in [-0.39, 0.29) is 6.04 Å². The van der Waals surface area contributed by atoms with E-state index < -0.39 is 10.0 Å². The molecule has 0 amide bonds. The summed E-state index contributed by atoms with van der Waals surface area (Å²) < 4.78 is 27.0. The van der Waals surface area contributed by atoms with E-state index in [1.165, 1.54) is 6.20 Å². The average molecular weight is 280 g/mol. The zero-order chi connectivity index (χ0) is 13.5. The molecule has 2 N–H and O–H groups in total. The number of H-pyrrole nitrogens is 1. The lowest BCUT2D eigenvalue weighted by atomic mass is 10.3. The molecule has 3 heterocycles. The number of pyridine rings is 1. The van der Waals surface area contributed by atoms with Gasteiger partial charge >= 0.3 is 0 Å². The van der Waals surface area contributed by atoms with Crippen LogP contribution in [0.1, 0.15) is 6.92 Å². The van der Waals surface area contributed by atoms with Crippen molar-refractivity contribution in [2.45, 2.75) is 17.9 Å². The van der Waals surface area contributed by atoms with Crippen LogP contribution in [0.3, 0.4) is 0 Å². The SMILES string of the molecule is CC1CNCCN1S(=O)(=O)c1c[nH]c2ncccc12. The smallest absolute Gasteiger partial charge is 0.245 e. The molecular weight excluding hydrogens is 264 g/mol. The van der Waals surface area contributed by atoms with E-state index in [1.54, 1.807) is 22.6 Å². The van der Waals surface area contributed by atoms with Gasteiger partial charge in [0.2, 0.25) is 10.0 Å². The summed E-state index contributed by atoms with van der Waals surface area (Å²) >= 11 is 0. The molecule has 0 spiro atoms. The normalized spacial score (nSPS) is 21.8. The lowest BCUT2D eigenvalue weighted by molar-refractivity contribution is 0.284. The lowest BCUT2D eigenvalue weighted by Crippen LogP contribution is -2.52. The summed E-state index contributed by atoms with van der Waals surface area (Å²) in [4.78, 5) is 7.35. The predicted octanol–water partition coefficient (Wildman–Crippen LogP) is 0.545. The maximum Gasteiger partial charge on any atom is 0.245 e. The fourth-order valence-electron chi connectivity index (χ4n) is 2.45. The van der Waals surface area contributed by atoms with Gasteiger partial charge in [-0.05, 0) is 19.1 Å². The van der Waals surface area contributed by atoms with Crippen LogP contribution >= 0.6 is 0 Å². The van der Waals surface area contributed by atoms with E-state index in [0.29, 0.717) is 35.6 Å². The maximum absolute atomic E-state index is 12.7. The van der Waals surface area contributed by atoms with Gasteiger partial charge in [-0.25, -0.2) is 13.4 Å². The van der Waals surface area contributed by atoms with Crippen LogP contribution in [0.15, 0.2) is 29.4 Å². The molecule has 7 heteroatoms. The van der Waals surface area contributed by atoms with Gasteiger partial charge in [-0.2, -0.15) is 4.31 Å². The Morgan fingerprint density at radius 2 is 2.32 bits per heavy atom. The Balaban J connectivity index is 2.09. The Kier molecular flexibility index (Phi) is 3.04. The molecule has 6 nitrogen and oxygen atoms in total. The molecule has 2 aromatic rings. The van der Waals surface area contributed by atoms with Crippen LogP contribution in [-0.2, 0) is 10.0 Å². The molecule has 0 aromatic carbocycles. The number of fused-ring (bicyclic) bond motifs is 1. The molecule has 1 aliphatic rings. The third-order valence-corrected chi connectivity index (χ3v) is 5.49. The van der Waals surface area contributed by atoms with Gasteiger partial charge in [0.25, 0.3) is 0 Å². The molecular formula is C12H16N4O2S. The van der Waals surface area contributed by atoms with Crippen LogP contribution in [-0.4, -0.2) is 48.4 Å². The highest BCUT2D eigenvalue weighted by molar-refractivity contribution is 7.89. The fraction of sp³-hybridized carbons (Fsp3) is 0.417. The number of nitrogens with zero attached hydrogens (tertiary/aromatic N) is 2. The Labute approximate surface area is 111 Å². The summed E-state index contributed by atoms with van der Waals surface area (Å²) in [7, 11) is -3.47. The highest BCUT2D eigenvalue weighted by atomic mass is 32.2. The summed E-state index contributed by atoms with van der Waals surface area (Å²) in [6, 6.07) is 3.48. The molecule has 0 radical (unpaired) electrons. The van der Waals surface area contributed by atoms with Gasteiger partial charge in [-0.1, -0.05) is 0 Å².